The Labute approximate surface area is 235 Å². The Hall–Kier alpha value is -3.12. The molecular formula is C29H35F6N3O3. The van der Waals surface area contributed by atoms with E-state index < -0.39 is 40.7 Å². The van der Waals surface area contributed by atoms with E-state index >= 15 is 0 Å². The van der Waals surface area contributed by atoms with E-state index in [0.29, 0.717) is 37.1 Å². The number of alkyl halides is 6. The number of carbonyl (C=O) groups excluding carboxylic acids is 2. The predicted octanol–water partition coefficient (Wildman–Crippen LogP) is 5.72. The minimum absolute atomic E-state index is 0.0500. The van der Waals surface area contributed by atoms with Crippen LogP contribution in [0.3, 0.4) is 0 Å². The van der Waals surface area contributed by atoms with E-state index in [9.17, 15) is 35.9 Å². The zero-order valence-corrected chi connectivity index (χ0v) is 23.2. The minimum Gasteiger partial charge on any atom is -0.372 e. The fourth-order valence-corrected chi connectivity index (χ4v) is 5.30. The molecule has 3 atom stereocenters. The number of nitrogens with one attached hydrogen (secondary N) is 2. The highest BCUT2D eigenvalue weighted by Crippen LogP contribution is 2.40. The summed E-state index contributed by atoms with van der Waals surface area (Å²) in [5.41, 5.74) is -4.76. The number of halogens is 6. The van der Waals surface area contributed by atoms with Gasteiger partial charge in [0.05, 0.1) is 29.4 Å². The summed E-state index contributed by atoms with van der Waals surface area (Å²) in [4.78, 5) is 27.3. The summed E-state index contributed by atoms with van der Waals surface area (Å²) in [6, 6.07) is 1.38. The van der Waals surface area contributed by atoms with Crippen LogP contribution < -0.4 is 10.6 Å². The lowest BCUT2D eigenvalue weighted by Gasteiger charge is -2.50. The number of ether oxygens (including phenoxy) is 1. The van der Waals surface area contributed by atoms with Crippen molar-refractivity contribution in [3.63, 3.8) is 0 Å². The van der Waals surface area contributed by atoms with E-state index in [1.165, 1.54) is 14.0 Å². The number of rotatable bonds is 9. The van der Waals surface area contributed by atoms with Gasteiger partial charge >= 0.3 is 12.4 Å². The molecule has 0 aliphatic carbocycles. The summed E-state index contributed by atoms with van der Waals surface area (Å²) in [5, 5.41) is 5.97. The smallest absolute Gasteiger partial charge is 0.372 e. The molecule has 41 heavy (non-hydrogen) atoms. The molecule has 2 N–H and O–H groups in total. The second-order valence-electron chi connectivity index (χ2n) is 10.4. The van der Waals surface area contributed by atoms with E-state index in [0.717, 1.165) is 0 Å². The van der Waals surface area contributed by atoms with Gasteiger partial charge < -0.3 is 20.3 Å². The number of carbonyl (C=O) groups is 2. The first-order chi connectivity index (χ1) is 19.1. The number of amides is 2. The van der Waals surface area contributed by atoms with E-state index in [4.69, 9.17) is 4.74 Å². The zero-order valence-electron chi connectivity index (χ0n) is 23.2. The van der Waals surface area contributed by atoms with Gasteiger partial charge in [-0.15, -0.1) is 0 Å². The number of likely N-dealkylation sites (N-methyl/N-ethyl adjacent to an activating group) is 1. The zero-order chi connectivity index (χ0) is 30.6. The topological polar surface area (TPSA) is 70.7 Å². The highest BCUT2D eigenvalue weighted by Gasteiger charge is 2.53. The van der Waals surface area contributed by atoms with E-state index in [1.54, 1.807) is 29.2 Å². The number of nitrogens with zero attached hydrogens (tertiary/aromatic N) is 1. The van der Waals surface area contributed by atoms with Gasteiger partial charge in [-0.1, -0.05) is 30.9 Å². The summed E-state index contributed by atoms with van der Waals surface area (Å²) in [6.07, 6.45) is -2.63. The number of allylic oxidation sites excluding steroid dienone is 3. The molecule has 226 valence electrons. The fraction of sp³-hybridized carbons (Fsp3) is 0.517. The molecule has 0 saturated carbocycles. The summed E-state index contributed by atoms with van der Waals surface area (Å²) in [7, 11) is 1.49. The molecule has 6 nitrogen and oxygen atoms in total. The maximum absolute atomic E-state index is 13.4. The van der Waals surface area contributed by atoms with Crippen molar-refractivity contribution < 1.29 is 40.7 Å². The Kier molecular flexibility index (Phi) is 9.80. The van der Waals surface area contributed by atoms with Gasteiger partial charge in [0.1, 0.15) is 5.54 Å². The second kappa shape index (κ2) is 12.4. The molecular weight excluding hydrogens is 552 g/mol. The third-order valence-electron chi connectivity index (χ3n) is 7.80. The molecule has 0 radical (unpaired) electrons. The molecule has 2 aliphatic rings. The molecule has 2 heterocycles. The summed E-state index contributed by atoms with van der Waals surface area (Å²) in [6.45, 7) is 7.66. The first-order valence-corrected chi connectivity index (χ1v) is 13.3. The highest BCUT2D eigenvalue weighted by atomic mass is 19.4. The number of piperidine rings is 1. The fourth-order valence-electron chi connectivity index (χ4n) is 5.30. The molecule has 1 aromatic rings. The Morgan fingerprint density at radius 3 is 2.24 bits per heavy atom. The van der Waals surface area contributed by atoms with Crippen LogP contribution in [0, 0.1) is 0 Å². The maximum atomic E-state index is 13.4. The largest absolute Gasteiger partial charge is 0.416 e. The van der Waals surface area contributed by atoms with Crippen LogP contribution >= 0.6 is 0 Å². The van der Waals surface area contributed by atoms with Crippen molar-refractivity contribution in [2.24, 2.45) is 0 Å². The summed E-state index contributed by atoms with van der Waals surface area (Å²) < 4.78 is 86.4. The molecule has 3 rings (SSSR count). The first kappa shape index (κ1) is 32.4. The number of hydrogen-bond acceptors (Lipinski definition) is 4. The van der Waals surface area contributed by atoms with Crippen molar-refractivity contribution >= 4 is 11.8 Å². The highest BCUT2D eigenvalue weighted by molar-refractivity contribution is 5.92. The van der Waals surface area contributed by atoms with Crippen LogP contribution in [0.5, 0.6) is 0 Å². The lowest BCUT2D eigenvalue weighted by Crippen LogP contribution is -2.70. The molecule has 0 bridgehead atoms. The number of benzene rings is 1. The third-order valence-corrected chi connectivity index (χ3v) is 7.80. The van der Waals surface area contributed by atoms with Gasteiger partial charge in [-0.25, -0.2) is 0 Å². The molecule has 12 heteroatoms. The van der Waals surface area contributed by atoms with Crippen molar-refractivity contribution in [3.05, 3.63) is 71.3 Å². The molecule has 2 saturated heterocycles. The van der Waals surface area contributed by atoms with Crippen molar-refractivity contribution in [2.45, 2.75) is 69.1 Å². The van der Waals surface area contributed by atoms with Crippen LogP contribution in [0.4, 0.5) is 26.3 Å². The van der Waals surface area contributed by atoms with Crippen LogP contribution in [-0.4, -0.2) is 54.5 Å². The average Bonchev–Trinajstić information content (AvgIpc) is 3.36. The van der Waals surface area contributed by atoms with Crippen molar-refractivity contribution in [1.82, 2.24) is 15.5 Å². The van der Waals surface area contributed by atoms with Crippen molar-refractivity contribution in [2.75, 3.05) is 26.7 Å². The maximum Gasteiger partial charge on any atom is 0.416 e. The summed E-state index contributed by atoms with van der Waals surface area (Å²) in [5.74, 6) is -0.466. The van der Waals surface area contributed by atoms with Crippen molar-refractivity contribution in [3.8, 4) is 0 Å². The van der Waals surface area contributed by atoms with E-state index in [-0.39, 0.29) is 49.4 Å². The lowest BCUT2D eigenvalue weighted by molar-refractivity contribution is -0.147. The Morgan fingerprint density at radius 1 is 1.15 bits per heavy atom. The van der Waals surface area contributed by atoms with Crippen LogP contribution in [-0.2, 0) is 26.7 Å². The molecule has 2 fully saturated rings. The molecule has 1 unspecified atom stereocenters. The molecule has 0 aromatic heterocycles. The van der Waals surface area contributed by atoms with Gasteiger partial charge in [0.15, 0.2) is 0 Å². The van der Waals surface area contributed by atoms with Gasteiger partial charge in [0.25, 0.3) is 0 Å². The monoisotopic (exact) mass is 587 g/mol. The van der Waals surface area contributed by atoms with E-state index in [1.807, 2.05) is 6.92 Å². The Morgan fingerprint density at radius 2 is 1.78 bits per heavy atom. The van der Waals surface area contributed by atoms with E-state index in [2.05, 4.69) is 17.2 Å². The molecule has 1 aromatic carbocycles. The molecule has 2 amide bonds. The SMILES string of the molecule is C=C(/C=C\C=C/C)[C@]1(CO[C@H](C)c2cc(C(F)(F)F)cc(C(F)(F)F)c2)CCC(C(=O)NC)(N2CCCC2=O)CN1. The first-order valence-electron chi connectivity index (χ1n) is 13.3. The standard InChI is InChI=1S/C29H35F6N3O3/c1-5-6-7-9-19(2)26(11-12-27(17-37-26,25(40)36-4)38-13-8-10-24(38)39)18-41-20(3)21-14-22(28(30,31)32)16-23(15-21)29(33,34)35/h5-7,9,14-16,20,37H,2,8,10-13,17-18H2,1,3-4H3,(H,36,40)/b6-5-,9-7-/t20-,26-,27?/m1/s1. The van der Waals surface area contributed by atoms with Gasteiger partial charge in [-0.05, 0) is 62.4 Å². The third kappa shape index (κ3) is 7.03. The summed E-state index contributed by atoms with van der Waals surface area (Å²) >= 11 is 0. The van der Waals surface area contributed by atoms with Crippen molar-refractivity contribution in [1.29, 1.82) is 0 Å². The van der Waals surface area contributed by atoms with Crippen LogP contribution in [0.25, 0.3) is 0 Å². The average molecular weight is 588 g/mol. The quantitative estimate of drug-likeness (QED) is 0.287. The van der Waals surface area contributed by atoms with Gasteiger partial charge in [-0.3, -0.25) is 9.59 Å². The number of hydrogen-bond donors (Lipinski definition) is 2. The predicted molar refractivity (Wildman–Crippen MR) is 142 cm³/mol. The van der Waals surface area contributed by atoms with Crippen LogP contribution in [0.2, 0.25) is 0 Å². The van der Waals surface area contributed by atoms with Gasteiger partial charge in [0.2, 0.25) is 11.8 Å². The lowest BCUT2D eigenvalue weighted by atomic mass is 9.75. The van der Waals surface area contributed by atoms with Crippen LogP contribution in [0.1, 0.15) is 62.3 Å². The Balaban J connectivity index is 1.92. The molecule has 2 aliphatic heterocycles. The minimum atomic E-state index is -4.98. The second-order valence-corrected chi connectivity index (χ2v) is 10.4. The van der Waals surface area contributed by atoms with Gasteiger partial charge in [0, 0.05) is 26.6 Å². The number of likely N-dealkylation sites (tertiary alicyclic amines) is 1. The van der Waals surface area contributed by atoms with Crippen LogP contribution in [0.15, 0.2) is 54.7 Å². The normalized spacial score (nSPS) is 24.8. The molecule has 0 spiro atoms. The van der Waals surface area contributed by atoms with Gasteiger partial charge in [-0.2, -0.15) is 26.3 Å². The Bertz CT molecular complexity index is 1160.